The Kier molecular flexibility index (Phi) is 5.52. The minimum absolute atomic E-state index is 0.101. The molecule has 0 amide bonds. The number of hydrogen-bond acceptors (Lipinski definition) is 4. The Morgan fingerprint density at radius 3 is 2.72 bits per heavy atom. The lowest BCUT2D eigenvalue weighted by Gasteiger charge is -2.24. The summed E-state index contributed by atoms with van der Waals surface area (Å²) >= 11 is 6.40. The molecule has 0 spiro atoms. The number of carboxylic acid groups (broad SMARTS) is 1. The first-order valence-corrected chi connectivity index (χ1v) is 11.6. The average molecular weight is 455 g/mol. The van der Waals surface area contributed by atoms with Gasteiger partial charge in [-0.05, 0) is 55.0 Å². The summed E-state index contributed by atoms with van der Waals surface area (Å²) < 4.78 is 6.21. The highest BCUT2D eigenvalue weighted by Crippen LogP contribution is 2.53. The normalized spacial score (nSPS) is 29.0. The van der Waals surface area contributed by atoms with Crippen molar-refractivity contribution in [2.45, 2.75) is 55.8 Å². The maximum Gasteiger partial charge on any atom is 0.335 e. The van der Waals surface area contributed by atoms with Crippen molar-refractivity contribution in [2.75, 3.05) is 0 Å². The third kappa shape index (κ3) is 3.72. The zero-order chi connectivity index (χ0) is 22.5. The molecule has 1 aliphatic heterocycles. The lowest BCUT2D eigenvalue weighted by Crippen LogP contribution is -2.26. The van der Waals surface area contributed by atoms with E-state index in [2.05, 4.69) is 0 Å². The molecule has 2 aromatic rings. The fourth-order valence-electron chi connectivity index (χ4n) is 5.52. The molecule has 32 heavy (non-hydrogen) atoms. The fraction of sp³-hybridized carbons (Fsp3) is 0.423. The van der Waals surface area contributed by atoms with Crippen LogP contribution in [0.3, 0.4) is 0 Å². The van der Waals surface area contributed by atoms with Crippen molar-refractivity contribution in [3.63, 3.8) is 0 Å². The maximum atomic E-state index is 11.3. The zero-order valence-corrected chi connectivity index (χ0v) is 18.4. The van der Waals surface area contributed by atoms with E-state index in [1.807, 2.05) is 42.5 Å². The van der Waals surface area contributed by atoms with Crippen LogP contribution in [0.4, 0.5) is 0 Å². The van der Waals surface area contributed by atoms with Crippen LogP contribution >= 0.6 is 11.6 Å². The van der Waals surface area contributed by atoms with Crippen LogP contribution in [0.25, 0.3) is 0 Å². The molecule has 0 bridgehead atoms. The maximum absolute atomic E-state index is 11.3. The predicted octanol–water partition coefficient (Wildman–Crippen LogP) is 4.38. The summed E-state index contributed by atoms with van der Waals surface area (Å²) in [5, 5.41) is 31.8. The number of benzene rings is 2. The van der Waals surface area contributed by atoms with Crippen molar-refractivity contribution in [3.05, 3.63) is 76.3 Å². The lowest BCUT2D eigenvalue weighted by molar-refractivity contribution is 0.0695. The van der Waals surface area contributed by atoms with Crippen LogP contribution in [0.1, 0.15) is 47.2 Å². The summed E-state index contributed by atoms with van der Waals surface area (Å²) in [5.41, 5.74) is 1.83. The van der Waals surface area contributed by atoms with Gasteiger partial charge in [0.1, 0.15) is 11.9 Å². The number of carboxylic acids is 1. The van der Waals surface area contributed by atoms with Crippen LogP contribution in [0.2, 0.25) is 5.02 Å². The molecule has 2 fully saturated rings. The minimum atomic E-state index is -0.981. The SMILES string of the molecule is O=C(O)c1ccc2c(c1)O[C@H]1C[C@@H](O)[C@H](/C=C/C(O)C3(c4ccccc4Cl)CC3)[C@H]1CC2. The average Bonchev–Trinajstić information content (AvgIpc) is 3.54. The van der Waals surface area contributed by atoms with E-state index in [1.165, 1.54) is 0 Å². The van der Waals surface area contributed by atoms with Gasteiger partial charge in [0.25, 0.3) is 0 Å². The number of halogens is 1. The number of aromatic carboxylic acids is 1. The van der Waals surface area contributed by atoms with Crippen molar-refractivity contribution in [1.82, 2.24) is 0 Å². The Balaban J connectivity index is 1.34. The Morgan fingerprint density at radius 1 is 1.22 bits per heavy atom. The number of ether oxygens (including phenoxy) is 1. The lowest BCUT2D eigenvalue weighted by atomic mass is 9.85. The van der Waals surface area contributed by atoms with Gasteiger partial charge in [-0.15, -0.1) is 0 Å². The van der Waals surface area contributed by atoms with Crippen molar-refractivity contribution < 1.29 is 24.9 Å². The summed E-state index contributed by atoms with van der Waals surface area (Å²) in [6, 6.07) is 12.7. The number of aryl methyl sites for hydroxylation is 1. The summed E-state index contributed by atoms with van der Waals surface area (Å²) in [4.78, 5) is 11.3. The monoisotopic (exact) mass is 454 g/mol. The molecule has 3 N–H and O–H groups in total. The van der Waals surface area contributed by atoms with Gasteiger partial charge in [-0.3, -0.25) is 0 Å². The van der Waals surface area contributed by atoms with Gasteiger partial charge in [-0.1, -0.05) is 48.0 Å². The molecule has 1 heterocycles. The molecule has 6 heteroatoms. The quantitative estimate of drug-likeness (QED) is 0.584. The molecule has 1 unspecified atom stereocenters. The summed E-state index contributed by atoms with van der Waals surface area (Å²) in [7, 11) is 0. The van der Waals surface area contributed by atoms with Gasteiger partial charge < -0.3 is 20.1 Å². The van der Waals surface area contributed by atoms with Crippen molar-refractivity contribution in [2.24, 2.45) is 11.8 Å². The Bertz CT molecular complexity index is 1060. The molecule has 5 atom stereocenters. The van der Waals surface area contributed by atoms with Crippen molar-refractivity contribution >= 4 is 17.6 Å². The number of rotatable bonds is 5. The Hall–Kier alpha value is -2.34. The first kappa shape index (κ1) is 21.5. The van der Waals surface area contributed by atoms with Gasteiger partial charge >= 0.3 is 5.97 Å². The predicted molar refractivity (Wildman–Crippen MR) is 121 cm³/mol. The van der Waals surface area contributed by atoms with E-state index in [-0.39, 0.29) is 28.9 Å². The van der Waals surface area contributed by atoms with E-state index in [4.69, 9.17) is 16.3 Å². The van der Waals surface area contributed by atoms with Crippen LogP contribution in [-0.2, 0) is 11.8 Å². The van der Waals surface area contributed by atoms with Gasteiger partial charge in [-0.2, -0.15) is 0 Å². The van der Waals surface area contributed by atoms with Gasteiger partial charge in [0.15, 0.2) is 0 Å². The van der Waals surface area contributed by atoms with Gasteiger partial charge in [0, 0.05) is 28.7 Å². The van der Waals surface area contributed by atoms with Crippen LogP contribution in [0.5, 0.6) is 5.75 Å². The standard InChI is InChI=1S/C26H27ClO5/c27-20-4-2-1-3-19(20)26(11-12-26)24(29)10-9-17-18-8-7-15-5-6-16(25(30)31)13-22(15)32-23(18)14-21(17)28/h1-6,9-10,13,17-18,21,23-24,28-29H,7-8,11-12,14H2,(H,30,31)/b10-9+/t17-,18-,21-,23+,24?/m1/s1. The molecule has 168 valence electrons. The molecule has 2 aromatic carbocycles. The molecular weight excluding hydrogens is 428 g/mol. The van der Waals surface area contributed by atoms with E-state index >= 15 is 0 Å². The Labute approximate surface area is 192 Å². The number of aliphatic hydroxyl groups is 2. The first-order valence-electron chi connectivity index (χ1n) is 11.2. The molecule has 5 rings (SSSR count). The second kappa shape index (κ2) is 8.22. The number of carbonyl (C=O) groups is 1. The van der Waals surface area contributed by atoms with E-state index in [9.17, 15) is 20.1 Å². The largest absolute Gasteiger partial charge is 0.490 e. The summed E-state index contributed by atoms with van der Waals surface area (Å²) in [5.74, 6) is -0.398. The van der Waals surface area contributed by atoms with E-state index in [0.717, 1.165) is 36.8 Å². The zero-order valence-electron chi connectivity index (χ0n) is 17.7. The molecular formula is C26H27ClO5. The molecule has 0 radical (unpaired) electrons. The number of hydrogen-bond donors (Lipinski definition) is 3. The van der Waals surface area contributed by atoms with Gasteiger partial charge in [0.2, 0.25) is 0 Å². The highest BCUT2D eigenvalue weighted by Gasteiger charge is 2.51. The van der Waals surface area contributed by atoms with E-state index in [1.54, 1.807) is 12.1 Å². The van der Waals surface area contributed by atoms with Crippen LogP contribution < -0.4 is 4.74 Å². The third-order valence-electron chi connectivity index (χ3n) is 7.51. The minimum Gasteiger partial charge on any atom is -0.490 e. The molecule has 0 aromatic heterocycles. The summed E-state index contributed by atoms with van der Waals surface area (Å²) in [6.45, 7) is 0. The number of fused-ring (bicyclic) bond motifs is 2. The smallest absolute Gasteiger partial charge is 0.335 e. The Morgan fingerprint density at radius 2 is 2.00 bits per heavy atom. The van der Waals surface area contributed by atoms with E-state index in [0.29, 0.717) is 17.2 Å². The molecule has 0 saturated heterocycles. The van der Waals surface area contributed by atoms with Crippen molar-refractivity contribution in [1.29, 1.82) is 0 Å². The van der Waals surface area contributed by atoms with Crippen LogP contribution in [0.15, 0.2) is 54.6 Å². The molecule has 2 saturated carbocycles. The summed E-state index contributed by atoms with van der Waals surface area (Å²) in [6.07, 6.45) is 6.22. The number of aliphatic hydroxyl groups excluding tert-OH is 2. The topological polar surface area (TPSA) is 87.0 Å². The van der Waals surface area contributed by atoms with Crippen LogP contribution in [0, 0.1) is 11.8 Å². The molecule has 5 nitrogen and oxygen atoms in total. The molecule has 2 aliphatic carbocycles. The van der Waals surface area contributed by atoms with Crippen molar-refractivity contribution in [3.8, 4) is 5.75 Å². The second-order valence-corrected chi connectivity index (χ2v) is 9.74. The van der Waals surface area contributed by atoms with Gasteiger partial charge in [-0.25, -0.2) is 4.79 Å². The van der Waals surface area contributed by atoms with Crippen LogP contribution in [-0.4, -0.2) is 39.6 Å². The highest BCUT2D eigenvalue weighted by molar-refractivity contribution is 6.31. The van der Waals surface area contributed by atoms with E-state index < -0.39 is 18.2 Å². The molecule has 3 aliphatic rings. The third-order valence-corrected chi connectivity index (χ3v) is 7.84. The fourth-order valence-corrected chi connectivity index (χ4v) is 5.84. The first-order chi connectivity index (χ1) is 15.4. The second-order valence-electron chi connectivity index (χ2n) is 9.33. The van der Waals surface area contributed by atoms with Gasteiger partial charge in [0.05, 0.1) is 17.8 Å². The highest BCUT2D eigenvalue weighted by atomic mass is 35.5.